The maximum Gasteiger partial charge on any atom is 0.148 e. The van der Waals surface area contributed by atoms with Gasteiger partial charge in [-0.3, -0.25) is 0 Å². The normalized spacial score (nSPS) is 19.0. The molecule has 1 unspecified atom stereocenters. The molecule has 1 aliphatic carbocycles. The molecule has 0 spiro atoms. The zero-order chi connectivity index (χ0) is 12.2. The summed E-state index contributed by atoms with van der Waals surface area (Å²) >= 11 is 0. The molecule has 0 radical (unpaired) electrons. The third kappa shape index (κ3) is 5.82. The molecule has 0 amide bonds. The van der Waals surface area contributed by atoms with Crippen molar-refractivity contribution in [3.8, 4) is 0 Å². The van der Waals surface area contributed by atoms with Crippen molar-refractivity contribution in [2.24, 2.45) is 5.92 Å². The molecule has 0 bridgehead atoms. The molecule has 0 aromatic rings. The predicted molar refractivity (Wildman–Crippen MR) is 67.4 cm³/mol. The number of likely N-dealkylation sites (N-methyl/N-ethyl adjacent to an activating group) is 2. The molecule has 1 aliphatic rings. The Morgan fingerprint density at radius 3 is 2.50 bits per heavy atom. The third-order valence-electron chi connectivity index (χ3n) is 3.01. The van der Waals surface area contributed by atoms with Gasteiger partial charge in [0.2, 0.25) is 0 Å². The lowest BCUT2D eigenvalue weighted by Gasteiger charge is -2.24. The van der Waals surface area contributed by atoms with E-state index in [1.54, 1.807) is 0 Å². The van der Waals surface area contributed by atoms with Gasteiger partial charge in [-0.15, -0.1) is 0 Å². The minimum Gasteiger partial charge on any atom is -0.313 e. The van der Waals surface area contributed by atoms with E-state index >= 15 is 0 Å². The molecule has 0 aliphatic heterocycles. The van der Waals surface area contributed by atoms with Crippen molar-refractivity contribution in [2.45, 2.75) is 25.8 Å². The third-order valence-corrected chi connectivity index (χ3v) is 3.93. The van der Waals surface area contributed by atoms with Gasteiger partial charge in [0.1, 0.15) is 9.84 Å². The average Bonchev–Trinajstić information content (AvgIpc) is 2.96. The van der Waals surface area contributed by atoms with Gasteiger partial charge >= 0.3 is 0 Å². The Labute approximate surface area is 99.3 Å². The van der Waals surface area contributed by atoms with Crippen molar-refractivity contribution in [3.63, 3.8) is 0 Å². The highest BCUT2D eigenvalue weighted by molar-refractivity contribution is 7.90. The van der Waals surface area contributed by atoms with Crippen molar-refractivity contribution in [1.29, 1.82) is 0 Å². The second-order valence-electron chi connectivity index (χ2n) is 4.89. The lowest BCUT2D eigenvalue weighted by Crippen LogP contribution is -2.42. The van der Waals surface area contributed by atoms with Crippen LogP contribution < -0.4 is 5.32 Å². The summed E-state index contributed by atoms with van der Waals surface area (Å²) in [6, 6.07) is 0.537. The van der Waals surface area contributed by atoms with Crippen LogP contribution in [0.25, 0.3) is 0 Å². The van der Waals surface area contributed by atoms with Gasteiger partial charge in [0.25, 0.3) is 0 Å². The van der Waals surface area contributed by atoms with E-state index in [0.29, 0.717) is 12.6 Å². The molecular formula is C11H24N2O2S. The Kier molecular flexibility index (Phi) is 5.21. The summed E-state index contributed by atoms with van der Waals surface area (Å²) in [5.74, 6) is 1.06. The smallest absolute Gasteiger partial charge is 0.148 e. The van der Waals surface area contributed by atoms with Crippen LogP contribution in [0.2, 0.25) is 0 Å². The molecule has 16 heavy (non-hydrogen) atoms. The van der Waals surface area contributed by atoms with E-state index in [1.165, 1.54) is 19.1 Å². The Morgan fingerprint density at radius 2 is 2.06 bits per heavy atom. The largest absolute Gasteiger partial charge is 0.313 e. The highest BCUT2D eigenvalue weighted by Crippen LogP contribution is 2.32. The molecule has 5 heteroatoms. The molecule has 1 fully saturated rings. The highest BCUT2D eigenvalue weighted by atomic mass is 32.2. The summed E-state index contributed by atoms with van der Waals surface area (Å²) in [6.45, 7) is 4.69. The summed E-state index contributed by atoms with van der Waals surface area (Å²) in [7, 11) is -0.836. The lowest BCUT2D eigenvalue weighted by molar-refractivity contribution is 0.287. The van der Waals surface area contributed by atoms with Crippen molar-refractivity contribution in [3.05, 3.63) is 0 Å². The minimum atomic E-state index is -2.83. The van der Waals surface area contributed by atoms with Crippen LogP contribution in [0.15, 0.2) is 0 Å². The number of hydrogen-bond acceptors (Lipinski definition) is 4. The van der Waals surface area contributed by atoms with Crippen LogP contribution in [0, 0.1) is 5.92 Å². The first kappa shape index (κ1) is 13.9. The van der Waals surface area contributed by atoms with Gasteiger partial charge < -0.3 is 10.2 Å². The van der Waals surface area contributed by atoms with Gasteiger partial charge in [0, 0.05) is 25.4 Å². The van der Waals surface area contributed by atoms with Gasteiger partial charge in [-0.25, -0.2) is 8.42 Å². The Bertz CT molecular complexity index is 299. The number of nitrogens with one attached hydrogen (secondary N) is 1. The topological polar surface area (TPSA) is 49.4 Å². The zero-order valence-electron chi connectivity index (χ0n) is 10.6. The lowest BCUT2D eigenvalue weighted by atomic mass is 10.2. The van der Waals surface area contributed by atoms with E-state index in [0.717, 1.165) is 19.0 Å². The summed E-state index contributed by atoms with van der Waals surface area (Å²) in [4.78, 5) is 2.12. The fraction of sp³-hybridized carbons (Fsp3) is 1.00. The number of hydrogen-bond donors (Lipinski definition) is 1. The van der Waals surface area contributed by atoms with Gasteiger partial charge in [-0.2, -0.15) is 0 Å². The zero-order valence-corrected chi connectivity index (χ0v) is 11.4. The van der Waals surface area contributed by atoms with Crippen molar-refractivity contribution in [1.82, 2.24) is 10.2 Å². The van der Waals surface area contributed by atoms with Gasteiger partial charge in [-0.1, -0.05) is 6.92 Å². The van der Waals surface area contributed by atoms with Gasteiger partial charge in [0.15, 0.2) is 0 Å². The summed E-state index contributed by atoms with van der Waals surface area (Å²) in [5, 5.41) is 3.48. The number of rotatable bonds is 8. The standard InChI is InChI=1S/C11H24N2O2S/c1-4-12-11(10-5-6-10)9-13(2)7-8-16(3,14)15/h10-12H,4-9H2,1-3H3. The van der Waals surface area contributed by atoms with E-state index < -0.39 is 9.84 Å². The fourth-order valence-electron chi connectivity index (χ4n) is 1.89. The van der Waals surface area contributed by atoms with Crippen molar-refractivity contribution in [2.75, 3.05) is 38.7 Å². The first-order valence-electron chi connectivity index (χ1n) is 6.02. The minimum absolute atomic E-state index is 0.257. The second-order valence-corrected chi connectivity index (χ2v) is 7.15. The maximum atomic E-state index is 11.1. The van der Waals surface area contributed by atoms with E-state index in [2.05, 4.69) is 17.1 Å². The molecule has 0 heterocycles. The van der Waals surface area contributed by atoms with E-state index in [1.807, 2.05) is 7.05 Å². The monoisotopic (exact) mass is 248 g/mol. The van der Waals surface area contributed by atoms with Crippen LogP contribution in [0.3, 0.4) is 0 Å². The predicted octanol–water partition coefficient (Wildman–Crippen LogP) is 0.351. The molecule has 1 rings (SSSR count). The fourth-order valence-corrected chi connectivity index (χ4v) is 2.53. The van der Waals surface area contributed by atoms with Crippen molar-refractivity contribution >= 4 is 9.84 Å². The molecule has 0 aromatic heterocycles. The van der Waals surface area contributed by atoms with Crippen LogP contribution >= 0.6 is 0 Å². The van der Waals surface area contributed by atoms with Crippen LogP contribution in [0.5, 0.6) is 0 Å². The molecule has 1 atom stereocenters. The Morgan fingerprint density at radius 1 is 1.44 bits per heavy atom. The molecule has 0 aromatic carbocycles. The van der Waals surface area contributed by atoms with Gasteiger partial charge in [0.05, 0.1) is 5.75 Å². The van der Waals surface area contributed by atoms with Crippen LogP contribution in [0.1, 0.15) is 19.8 Å². The Hall–Kier alpha value is -0.130. The van der Waals surface area contributed by atoms with Crippen LogP contribution in [0.4, 0.5) is 0 Å². The summed E-state index contributed by atoms with van der Waals surface area (Å²) in [6.07, 6.45) is 3.93. The molecular weight excluding hydrogens is 224 g/mol. The average molecular weight is 248 g/mol. The Balaban J connectivity index is 2.27. The van der Waals surface area contributed by atoms with E-state index in [4.69, 9.17) is 0 Å². The number of sulfone groups is 1. The molecule has 1 N–H and O–H groups in total. The second kappa shape index (κ2) is 5.98. The first-order valence-corrected chi connectivity index (χ1v) is 8.08. The number of nitrogens with zero attached hydrogens (tertiary/aromatic N) is 1. The highest BCUT2D eigenvalue weighted by Gasteiger charge is 2.31. The van der Waals surface area contributed by atoms with E-state index in [-0.39, 0.29) is 5.75 Å². The van der Waals surface area contributed by atoms with Crippen molar-refractivity contribution < 1.29 is 8.42 Å². The van der Waals surface area contributed by atoms with E-state index in [9.17, 15) is 8.42 Å². The van der Waals surface area contributed by atoms with Crippen LogP contribution in [-0.2, 0) is 9.84 Å². The molecule has 1 saturated carbocycles. The summed E-state index contributed by atoms with van der Waals surface area (Å²) in [5.41, 5.74) is 0. The maximum absolute atomic E-state index is 11.1. The summed E-state index contributed by atoms with van der Waals surface area (Å²) < 4.78 is 22.1. The molecule has 0 saturated heterocycles. The van der Waals surface area contributed by atoms with Crippen LogP contribution in [-0.4, -0.2) is 58.1 Å². The van der Waals surface area contributed by atoms with Gasteiger partial charge in [-0.05, 0) is 32.4 Å². The first-order chi connectivity index (χ1) is 7.42. The SMILES string of the molecule is CCNC(CN(C)CCS(C)(=O)=O)C1CC1. The quantitative estimate of drug-likeness (QED) is 0.673. The molecule has 4 nitrogen and oxygen atoms in total. The molecule has 96 valence electrons.